The van der Waals surface area contributed by atoms with Gasteiger partial charge >= 0.3 is 0 Å². The number of hydrogen-bond donors (Lipinski definition) is 2. The van der Waals surface area contributed by atoms with Crippen molar-refractivity contribution in [3.05, 3.63) is 29.7 Å². The maximum Gasteiger partial charge on any atom is 0.137 e. The van der Waals surface area contributed by atoms with E-state index in [-0.39, 0.29) is 0 Å². The van der Waals surface area contributed by atoms with Crippen LogP contribution >= 0.6 is 0 Å². The van der Waals surface area contributed by atoms with Crippen LogP contribution in [0.25, 0.3) is 0 Å². The molecule has 1 aliphatic rings. The number of fused-ring (bicyclic) bond motifs is 1. The lowest BCUT2D eigenvalue weighted by Gasteiger charge is -2.11. The van der Waals surface area contributed by atoms with Crippen molar-refractivity contribution in [3.63, 3.8) is 0 Å². The van der Waals surface area contributed by atoms with Crippen LogP contribution in [0.4, 0.5) is 5.82 Å². The minimum atomic E-state index is 0.804. The average molecular weight is 258 g/mol. The van der Waals surface area contributed by atoms with Crippen molar-refractivity contribution in [2.45, 2.75) is 38.5 Å². The van der Waals surface area contributed by atoms with E-state index in [1.54, 1.807) is 6.33 Å². The van der Waals surface area contributed by atoms with Crippen molar-refractivity contribution < 1.29 is 0 Å². The molecule has 6 nitrogen and oxygen atoms in total. The Bertz CT molecular complexity index is 522. The van der Waals surface area contributed by atoms with Crippen LogP contribution in [0, 0.1) is 0 Å². The smallest absolute Gasteiger partial charge is 0.137 e. The molecule has 0 fully saturated rings. The molecular formula is C13H18N6. The predicted octanol–water partition coefficient (Wildman–Crippen LogP) is 1.52. The largest absolute Gasteiger partial charge is 0.369 e. The lowest BCUT2D eigenvalue weighted by molar-refractivity contribution is 0.708. The standard InChI is InChI=1S/C13H18N6/c1-2-4-10-11(5-3-1)15-8-17-13(10)14-7-6-12-16-9-18-19-12/h8-9H,1-7H2,(H,14,15,17)(H,16,18,19). The molecule has 0 saturated carbocycles. The quantitative estimate of drug-likeness (QED) is 0.813. The van der Waals surface area contributed by atoms with E-state index in [1.165, 1.54) is 36.8 Å². The third kappa shape index (κ3) is 2.89. The number of hydrogen-bond acceptors (Lipinski definition) is 5. The first-order valence-corrected chi connectivity index (χ1v) is 6.84. The van der Waals surface area contributed by atoms with Crippen LogP contribution in [-0.2, 0) is 19.3 Å². The first kappa shape index (κ1) is 12.1. The molecule has 2 heterocycles. The van der Waals surface area contributed by atoms with Crippen LogP contribution in [0.2, 0.25) is 0 Å². The molecule has 3 rings (SSSR count). The van der Waals surface area contributed by atoms with Crippen molar-refractivity contribution in [2.24, 2.45) is 0 Å². The van der Waals surface area contributed by atoms with Gasteiger partial charge in [0.2, 0.25) is 0 Å². The summed E-state index contributed by atoms with van der Waals surface area (Å²) in [5.74, 6) is 1.89. The molecule has 19 heavy (non-hydrogen) atoms. The second kappa shape index (κ2) is 5.77. The number of rotatable bonds is 4. The van der Waals surface area contributed by atoms with Gasteiger partial charge in [-0.3, -0.25) is 5.10 Å². The van der Waals surface area contributed by atoms with Crippen molar-refractivity contribution in [3.8, 4) is 0 Å². The molecule has 2 aromatic rings. The van der Waals surface area contributed by atoms with Crippen LogP contribution in [0.5, 0.6) is 0 Å². The summed E-state index contributed by atoms with van der Waals surface area (Å²) in [7, 11) is 0. The molecule has 0 radical (unpaired) electrons. The summed E-state index contributed by atoms with van der Waals surface area (Å²) in [6.45, 7) is 0.804. The highest BCUT2D eigenvalue weighted by Crippen LogP contribution is 2.23. The number of aryl methyl sites for hydroxylation is 1. The van der Waals surface area contributed by atoms with Gasteiger partial charge in [0.1, 0.15) is 24.3 Å². The number of anilines is 1. The Hall–Kier alpha value is -1.98. The third-order valence-electron chi connectivity index (χ3n) is 3.49. The molecule has 0 unspecified atom stereocenters. The zero-order valence-corrected chi connectivity index (χ0v) is 10.9. The molecule has 0 saturated heterocycles. The maximum atomic E-state index is 4.42. The SMILES string of the molecule is c1n[nH]c(CCNc2ncnc3c2CCCCC3)n1. The molecule has 0 bridgehead atoms. The van der Waals surface area contributed by atoms with E-state index in [4.69, 9.17) is 0 Å². The molecule has 0 amide bonds. The van der Waals surface area contributed by atoms with Crippen LogP contribution in [0.1, 0.15) is 36.3 Å². The van der Waals surface area contributed by atoms with Gasteiger partial charge < -0.3 is 5.32 Å². The summed E-state index contributed by atoms with van der Waals surface area (Å²) in [4.78, 5) is 12.9. The van der Waals surface area contributed by atoms with Crippen LogP contribution in [0.3, 0.4) is 0 Å². The highest BCUT2D eigenvalue weighted by molar-refractivity contribution is 5.46. The molecule has 0 atom stereocenters. The number of aromatic nitrogens is 5. The molecule has 0 spiro atoms. The molecule has 2 N–H and O–H groups in total. The number of nitrogens with one attached hydrogen (secondary N) is 2. The summed E-state index contributed by atoms with van der Waals surface area (Å²) in [6, 6.07) is 0. The molecule has 100 valence electrons. The van der Waals surface area contributed by atoms with Crippen molar-refractivity contribution >= 4 is 5.82 Å². The number of aromatic amines is 1. The third-order valence-corrected chi connectivity index (χ3v) is 3.49. The summed E-state index contributed by atoms with van der Waals surface area (Å²) in [5, 5.41) is 10.1. The van der Waals surface area contributed by atoms with Gasteiger partial charge in [-0.15, -0.1) is 0 Å². The topological polar surface area (TPSA) is 79.4 Å². The van der Waals surface area contributed by atoms with Crippen molar-refractivity contribution in [2.75, 3.05) is 11.9 Å². The molecule has 0 aliphatic heterocycles. The molecule has 6 heteroatoms. The van der Waals surface area contributed by atoms with Gasteiger partial charge in [0.15, 0.2) is 0 Å². The second-order valence-electron chi connectivity index (χ2n) is 4.82. The minimum Gasteiger partial charge on any atom is -0.369 e. The van der Waals surface area contributed by atoms with Gasteiger partial charge in [-0.25, -0.2) is 15.0 Å². The van der Waals surface area contributed by atoms with Crippen LogP contribution < -0.4 is 5.32 Å². The van der Waals surface area contributed by atoms with E-state index in [1.807, 2.05) is 0 Å². The van der Waals surface area contributed by atoms with Gasteiger partial charge in [-0.2, -0.15) is 5.10 Å². The highest BCUT2D eigenvalue weighted by atomic mass is 15.2. The Labute approximate surface area is 112 Å². The van der Waals surface area contributed by atoms with E-state index < -0.39 is 0 Å². The van der Waals surface area contributed by atoms with Crippen molar-refractivity contribution in [1.82, 2.24) is 25.1 Å². The zero-order chi connectivity index (χ0) is 12.9. The second-order valence-corrected chi connectivity index (χ2v) is 4.82. The Morgan fingerprint density at radius 3 is 2.89 bits per heavy atom. The lowest BCUT2D eigenvalue weighted by Crippen LogP contribution is -2.11. The zero-order valence-electron chi connectivity index (χ0n) is 10.9. The van der Waals surface area contributed by atoms with E-state index >= 15 is 0 Å². The fourth-order valence-electron chi connectivity index (χ4n) is 2.50. The molecule has 2 aromatic heterocycles. The van der Waals surface area contributed by atoms with E-state index in [0.717, 1.165) is 37.4 Å². The maximum absolute atomic E-state index is 4.42. The highest BCUT2D eigenvalue weighted by Gasteiger charge is 2.13. The first-order valence-electron chi connectivity index (χ1n) is 6.84. The predicted molar refractivity (Wildman–Crippen MR) is 71.9 cm³/mol. The van der Waals surface area contributed by atoms with Gasteiger partial charge in [0, 0.05) is 24.2 Å². The van der Waals surface area contributed by atoms with Gasteiger partial charge in [0.25, 0.3) is 0 Å². The van der Waals surface area contributed by atoms with E-state index in [9.17, 15) is 0 Å². The Morgan fingerprint density at radius 2 is 2.00 bits per heavy atom. The monoisotopic (exact) mass is 258 g/mol. The number of H-pyrrole nitrogens is 1. The Kier molecular flexibility index (Phi) is 3.67. The summed E-state index contributed by atoms with van der Waals surface area (Å²) in [6.07, 6.45) is 9.94. The van der Waals surface area contributed by atoms with Crippen LogP contribution in [0.15, 0.2) is 12.7 Å². The van der Waals surface area contributed by atoms with Crippen molar-refractivity contribution in [1.29, 1.82) is 0 Å². The van der Waals surface area contributed by atoms with Gasteiger partial charge in [-0.05, 0) is 25.7 Å². The van der Waals surface area contributed by atoms with Gasteiger partial charge in [0.05, 0.1) is 0 Å². The molecule has 0 aromatic carbocycles. The minimum absolute atomic E-state index is 0.804. The summed E-state index contributed by atoms with van der Waals surface area (Å²) >= 11 is 0. The molecular weight excluding hydrogens is 240 g/mol. The first-order chi connectivity index (χ1) is 9.43. The van der Waals surface area contributed by atoms with Gasteiger partial charge in [-0.1, -0.05) is 6.42 Å². The normalized spacial score (nSPS) is 14.7. The molecule has 1 aliphatic carbocycles. The van der Waals surface area contributed by atoms with E-state index in [2.05, 4.69) is 30.5 Å². The lowest BCUT2D eigenvalue weighted by atomic mass is 10.1. The summed E-state index contributed by atoms with van der Waals surface area (Å²) in [5.41, 5.74) is 2.52. The van der Waals surface area contributed by atoms with Crippen LogP contribution in [-0.4, -0.2) is 31.7 Å². The summed E-state index contributed by atoms with van der Waals surface area (Å²) < 4.78 is 0. The number of nitrogens with zero attached hydrogens (tertiary/aromatic N) is 4. The fourth-order valence-corrected chi connectivity index (χ4v) is 2.50. The fraction of sp³-hybridized carbons (Fsp3) is 0.538. The van der Waals surface area contributed by atoms with E-state index in [0.29, 0.717) is 0 Å². The average Bonchev–Trinajstić information content (AvgIpc) is 2.82. The Morgan fingerprint density at radius 1 is 1.05 bits per heavy atom. The Balaban J connectivity index is 1.67.